The van der Waals surface area contributed by atoms with Crippen LogP contribution < -0.4 is 10.2 Å². The van der Waals surface area contributed by atoms with Gasteiger partial charge in [0.25, 0.3) is 0 Å². The number of para-hydroxylation sites is 1. The highest BCUT2D eigenvalue weighted by Crippen LogP contribution is 2.36. The number of aryl methyl sites for hydroxylation is 1. The maximum Gasteiger partial charge on any atom is 0.0642 e. The third-order valence-electron chi connectivity index (χ3n) is 4.44. The van der Waals surface area contributed by atoms with Crippen molar-refractivity contribution >= 4 is 17.3 Å². The SMILES string of the molecule is Cc1cccc(Cl)c1N1CCNC2(CCCC2)C1. The predicted molar refractivity (Wildman–Crippen MR) is 77.6 cm³/mol. The van der Waals surface area contributed by atoms with Crippen LogP contribution in [0.1, 0.15) is 31.2 Å². The van der Waals surface area contributed by atoms with Gasteiger partial charge in [0, 0.05) is 25.2 Å². The summed E-state index contributed by atoms with van der Waals surface area (Å²) in [4.78, 5) is 2.49. The van der Waals surface area contributed by atoms with Gasteiger partial charge in [0.2, 0.25) is 0 Å². The summed E-state index contributed by atoms with van der Waals surface area (Å²) in [5, 5.41) is 4.64. The van der Waals surface area contributed by atoms with E-state index in [2.05, 4.69) is 23.2 Å². The van der Waals surface area contributed by atoms with Gasteiger partial charge in [0.15, 0.2) is 0 Å². The van der Waals surface area contributed by atoms with Crippen molar-refractivity contribution in [3.05, 3.63) is 28.8 Å². The Kier molecular flexibility index (Phi) is 3.25. The number of halogens is 1. The molecule has 3 heteroatoms. The van der Waals surface area contributed by atoms with Crippen molar-refractivity contribution in [3.8, 4) is 0 Å². The topological polar surface area (TPSA) is 15.3 Å². The van der Waals surface area contributed by atoms with Crippen LogP contribution in [0.25, 0.3) is 0 Å². The van der Waals surface area contributed by atoms with Gasteiger partial charge in [0.05, 0.1) is 10.7 Å². The van der Waals surface area contributed by atoms with Crippen molar-refractivity contribution in [1.29, 1.82) is 0 Å². The molecule has 0 amide bonds. The van der Waals surface area contributed by atoms with E-state index in [1.165, 1.54) is 36.9 Å². The molecule has 0 unspecified atom stereocenters. The fraction of sp³-hybridized carbons (Fsp3) is 0.600. The lowest BCUT2D eigenvalue weighted by Gasteiger charge is -2.43. The highest BCUT2D eigenvalue weighted by molar-refractivity contribution is 6.33. The van der Waals surface area contributed by atoms with E-state index < -0.39 is 0 Å². The van der Waals surface area contributed by atoms with Gasteiger partial charge in [-0.2, -0.15) is 0 Å². The van der Waals surface area contributed by atoms with Gasteiger partial charge in [-0.1, -0.05) is 36.6 Å². The van der Waals surface area contributed by atoms with E-state index in [9.17, 15) is 0 Å². The zero-order chi connectivity index (χ0) is 12.6. The average Bonchev–Trinajstić information content (AvgIpc) is 2.77. The molecule has 1 aliphatic carbocycles. The second kappa shape index (κ2) is 4.75. The maximum atomic E-state index is 6.40. The van der Waals surface area contributed by atoms with E-state index in [1.54, 1.807) is 0 Å². The number of hydrogen-bond donors (Lipinski definition) is 1. The van der Waals surface area contributed by atoms with E-state index in [-0.39, 0.29) is 0 Å². The van der Waals surface area contributed by atoms with Gasteiger partial charge < -0.3 is 10.2 Å². The molecule has 0 radical (unpaired) electrons. The summed E-state index contributed by atoms with van der Waals surface area (Å²) in [6.45, 7) is 5.40. The quantitative estimate of drug-likeness (QED) is 0.837. The molecular weight excluding hydrogens is 244 g/mol. The summed E-state index contributed by atoms with van der Waals surface area (Å²) in [6, 6.07) is 6.20. The molecule has 1 N–H and O–H groups in total. The van der Waals surface area contributed by atoms with Gasteiger partial charge >= 0.3 is 0 Å². The van der Waals surface area contributed by atoms with Crippen LogP contribution in [0.4, 0.5) is 5.69 Å². The number of rotatable bonds is 1. The van der Waals surface area contributed by atoms with Crippen LogP contribution in [0, 0.1) is 6.92 Å². The molecule has 1 aliphatic heterocycles. The van der Waals surface area contributed by atoms with Crippen LogP contribution in [-0.2, 0) is 0 Å². The predicted octanol–water partition coefficient (Wildman–Crippen LogP) is 3.37. The molecule has 0 atom stereocenters. The average molecular weight is 265 g/mol. The first-order valence-corrected chi connectivity index (χ1v) is 7.33. The van der Waals surface area contributed by atoms with Crippen LogP contribution >= 0.6 is 11.6 Å². The van der Waals surface area contributed by atoms with Crippen LogP contribution in [-0.4, -0.2) is 25.2 Å². The summed E-state index contributed by atoms with van der Waals surface area (Å²) in [5.74, 6) is 0. The fourth-order valence-electron chi connectivity index (χ4n) is 3.56. The molecule has 0 bridgehead atoms. The first-order valence-electron chi connectivity index (χ1n) is 6.95. The molecular formula is C15H21ClN2. The standard InChI is InChI=1S/C15H21ClN2/c1-12-5-4-6-13(16)14(12)18-10-9-17-15(11-18)7-2-3-8-15/h4-6,17H,2-3,7-11H2,1H3. The van der Waals surface area contributed by atoms with E-state index in [1.807, 2.05) is 12.1 Å². The first-order chi connectivity index (χ1) is 8.70. The zero-order valence-corrected chi connectivity index (χ0v) is 11.8. The van der Waals surface area contributed by atoms with E-state index in [4.69, 9.17) is 11.6 Å². The van der Waals surface area contributed by atoms with Gasteiger partial charge in [-0.3, -0.25) is 0 Å². The van der Waals surface area contributed by atoms with Gasteiger partial charge in [-0.05, 0) is 31.4 Å². The molecule has 1 aromatic rings. The molecule has 1 saturated heterocycles. The third-order valence-corrected chi connectivity index (χ3v) is 4.75. The van der Waals surface area contributed by atoms with Crippen molar-refractivity contribution in [2.45, 2.75) is 38.1 Å². The summed E-state index contributed by atoms with van der Waals surface area (Å²) < 4.78 is 0. The molecule has 2 aliphatic rings. The second-order valence-electron chi connectivity index (χ2n) is 5.74. The smallest absolute Gasteiger partial charge is 0.0642 e. The van der Waals surface area contributed by atoms with Crippen molar-refractivity contribution < 1.29 is 0 Å². The minimum atomic E-state index is 0.351. The number of benzene rings is 1. The Morgan fingerprint density at radius 1 is 1.28 bits per heavy atom. The van der Waals surface area contributed by atoms with Gasteiger partial charge in [-0.15, -0.1) is 0 Å². The Morgan fingerprint density at radius 2 is 2.06 bits per heavy atom. The van der Waals surface area contributed by atoms with Crippen molar-refractivity contribution in [2.75, 3.05) is 24.5 Å². The minimum absolute atomic E-state index is 0.351. The van der Waals surface area contributed by atoms with Crippen molar-refractivity contribution in [3.63, 3.8) is 0 Å². The van der Waals surface area contributed by atoms with Crippen LogP contribution in [0.3, 0.4) is 0 Å². The first kappa shape index (κ1) is 12.3. The van der Waals surface area contributed by atoms with Crippen LogP contribution in [0.15, 0.2) is 18.2 Å². The number of anilines is 1. The molecule has 3 rings (SSSR count). The Labute approximate surface area is 114 Å². The monoisotopic (exact) mass is 264 g/mol. The van der Waals surface area contributed by atoms with Crippen LogP contribution in [0.5, 0.6) is 0 Å². The Hall–Kier alpha value is -0.730. The highest BCUT2D eigenvalue weighted by Gasteiger charge is 2.38. The second-order valence-corrected chi connectivity index (χ2v) is 6.15. The molecule has 1 aromatic carbocycles. The normalized spacial score (nSPS) is 22.7. The summed E-state index contributed by atoms with van der Waals surface area (Å²) in [7, 11) is 0. The lowest BCUT2D eigenvalue weighted by Crippen LogP contribution is -2.59. The Balaban J connectivity index is 1.88. The van der Waals surface area contributed by atoms with E-state index in [0.29, 0.717) is 5.54 Å². The minimum Gasteiger partial charge on any atom is -0.367 e. The zero-order valence-electron chi connectivity index (χ0n) is 11.0. The largest absolute Gasteiger partial charge is 0.367 e. The third kappa shape index (κ3) is 2.12. The highest BCUT2D eigenvalue weighted by atomic mass is 35.5. The number of piperazine rings is 1. The molecule has 1 spiro atoms. The Morgan fingerprint density at radius 3 is 2.78 bits per heavy atom. The Bertz CT molecular complexity index is 418. The molecule has 1 heterocycles. The van der Waals surface area contributed by atoms with E-state index in [0.717, 1.165) is 24.7 Å². The molecule has 1 saturated carbocycles. The van der Waals surface area contributed by atoms with Crippen molar-refractivity contribution in [1.82, 2.24) is 5.32 Å². The number of hydrogen-bond acceptors (Lipinski definition) is 2. The lowest BCUT2D eigenvalue weighted by atomic mass is 9.94. The van der Waals surface area contributed by atoms with Crippen LogP contribution in [0.2, 0.25) is 5.02 Å². The summed E-state index contributed by atoms with van der Waals surface area (Å²) >= 11 is 6.40. The lowest BCUT2D eigenvalue weighted by molar-refractivity contribution is 0.304. The summed E-state index contributed by atoms with van der Waals surface area (Å²) in [5.41, 5.74) is 2.88. The molecule has 98 valence electrons. The maximum absolute atomic E-state index is 6.40. The van der Waals surface area contributed by atoms with E-state index >= 15 is 0 Å². The molecule has 18 heavy (non-hydrogen) atoms. The fourth-order valence-corrected chi connectivity index (χ4v) is 3.90. The van der Waals surface area contributed by atoms with Gasteiger partial charge in [-0.25, -0.2) is 0 Å². The molecule has 2 fully saturated rings. The number of nitrogens with zero attached hydrogens (tertiary/aromatic N) is 1. The molecule has 2 nitrogen and oxygen atoms in total. The number of nitrogens with one attached hydrogen (secondary N) is 1. The van der Waals surface area contributed by atoms with Crippen molar-refractivity contribution in [2.24, 2.45) is 0 Å². The summed E-state index contributed by atoms with van der Waals surface area (Å²) in [6.07, 6.45) is 5.35. The molecule has 0 aromatic heterocycles. The van der Waals surface area contributed by atoms with Gasteiger partial charge in [0.1, 0.15) is 0 Å².